The van der Waals surface area contributed by atoms with Crippen LogP contribution in [0.2, 0.25) is 0 Å². The van der Waals surface area contributed by atoms with Crippen LogP contribution in [0, 0.1) is 23.2 Å². The molecule has 13 heavy (non-hydrogen) atoms. The maximum Gasteiger partial charge on any atom is -0.0337 e. The van der Waals surface area contributed by atoms with E-state index in [2.05, 4.69) is 34.6 Å². The predicted octanol–water partition coefficient (Wildman–Crippen LogP) is 4.49. The fraction of sp³-hybridized carbons (Fsp3) is 1.00. The minimum absolute atomic E-state index is 0.521. The van der Waals surface area contributed by atoms with Crippen LogP contribution in [0.4, 0.5) is 0 Å². The van der Waals surface area contributed by atoms with Crippen molar-refractivity contribution in [2.24, 2.45) is 23.2 Å². The van der Waals surface area contributed by atoms with Crippen molar-refractivity contribution in [3.05, 3.63) is 0 Å². The van der Waals surface area contributed by atoms with Gasteiger partial charge in [0.25, 0.3) is 0 Å². The van der Waals surface area contributed by atoms with E-state index in [9.17, 15) is 0 Å². The first-order chi connectivity index (χ1) is 5.96. The second kappa shape index (κ2) is 4.02. The van der Waals surface area contributed by atoms with Gasteiger partial charge in [-0.2, -0.15) is 0 Å². The highest BCUT2D eigenvalue weighted by molar-refractivity contribution is 4.85. The van der Waals surface area contributed by atoms with Crippen LogP contribution in [0.3, 0.4) is 0 Å². The normalized spacial score (nSPS) is 36.2. The second-order valence-electron chi connectivity index (χ2n) is 5.93. The molecule has 1 aliphatic carbocycles. The van der Waals surface area contributed by atoms with Gasteiger partial charge in [-0.25, -0.2) is 0 Å². The van der Waals surface area contributed by atoms with Crippen molar-refractivity contribution in [2.75, 3.05) is 0 Å². The lowest BCUT2D eigenvalue weighted by Gasteiger charge is -2.43. The first kappa shape index (κ1) is 11.1. The lowest BCUT2D eigenvalue weighted by Crippen LogP contribution is -2.34. The third kappa shape index (κ3) is 2.48. The second-order valence-corrected chi connectivity index (χ2v) is 5.93. The third-order valence-corrected chi connectivity index (χ3v) is 4.11. The fourth-order valence-corrected chi connectivity index (χ4v) is 3.25. The monoisotopic (exact) mass is 182 g/mol. The SMILES string of the molecule is CCC1CCCC(C(C)(C)C)C1C. The molecule has 3 atom stereocenters. The quantitative estimate of drug-likeness (QED) is 0.560. The van der Waals surface area contributed by atoms with Gasteiger partial charge >= 0.3 is 0 Å². The summed E-state index contributed by atoms with van der Waals surface area (Å²) in [5, 5.41) is 0. The zero-order chi connectivity index (χ0) is 10.1. The van der Waals surface area contributed by atoms with Gasteiger partial charge in [0.1, 0.15) is 0 Å². The first-order valence-corrected chi connectivity index (χ1v) is 5.96. The Labute approximate surface area is 84.1 Å². The topological polar surface area (TPSA) is 0 Å². The molecule has 0 heterocycles. The molecule has 0 aromatic rings. The van der Waals surface area contributed by atoms with E-state index in [4.69, 9.17) is 0 Å². The molecule has 0 N–H and O–H groups in total. The molecule has 0 aliphatic heterocycles. The fourth-order valence-electron chi connectivity index (χ4n) is 3.25. The van der Waals surface area contributed by atoms with Crippen LogP contribution >= 0.6 is 0 Å². The van der Waals surface area contributed by atoms with E-state index in [-0.39, 0.29) is 0 Å². The third-order valence-electron chi connectivity index (χ3n) is 4.11. The summed E-state index contributed by atoms with van der Waals surface area (Å²) in [6.07, 6.45) is 5.78. The maximum absolute atomic E-state index is 2.48. The number of hydrogen-bond acceptors (Lipinski definition) is 0. The highest BCUT2D eigenvalue weighted by Crippen LogP contribution is 2.45. The van der Waals surface area contributed by atoms with E-state index in [1.165, 1.54) is 25.7 Å². The Morgan fingerprint density at radius 2 is 1.77 bits per heavy atom. The van der Waals surface area contributed by atoms with Gasteiger partial charge in [-0.05, 0) is 29.6 Å². The Bertz CT molecular complexity index is 152. The van der Waals surface area contributed by atoms with Crippen molar-refractivity contribution >= 4 is 0 Å². The average Bonchev–Trinajstić information content (AvgIpc) is 2.02. The molecule has 1 aliphatic rings. The number of rotatable bonds is 1. The number of hydrogen-bond donors (Lipinski definition) is 0. The van der Waals surface area contributed by atoms with Crippen molar-refractivity contribution in [1.82, 2.24) is 0 Å². The summed E-state index contributed by atoms with van der Waals surface area (Å²) in [4.78, 5) is 0. The summed E-state index contributed by atoms with van der Waals surface area (Å²) in [7, 11) is 0. The highest BCUT2D eigenvalue weighted by atomic mass is 14.4. The van der Waals surface area contributed by atoms with Crippen LogP contribution < -0.4 is 0 Å². The Hall–Kier alpha value is 0. The molecule has 0 amide bonds. The summed E-state index contributed by atoms with van der Waals surface area (Å²) in [5.41, 5.74) is 0.521. The van der Waals surface area contributed by atoms with Crippen molar-refractivity contribution in [3.8, 4) is 0 Å². The lowest BCUT2D eigenvalue weighted by molar-refractivity contribution is 0.0707. The average molecular weight is 182 g/mol. The van der Waals surface area contributed by atoms with Gasteiger partial charge in [-0.15, -0.1) is 0 Å². The smallest absolute Gasteiger partial charge is 0.0337 e. The molecule has 0 heteroatoms. The molecule has 1 fully saturated rings. The molecular weight excluding hydrogens is 156 g/mol. The standard InChI is InChI=1S/C13H26/c1-6-11-8-7-9-12(10(11)2)13(3,4)5/h10-12H,6-9H2,1-5H3. The lowest BCUT2D eigenvalue weighted by atomic mass is 9.63. The molecule has 0 bridgehead atoms. The van der Waals surface area contributed by atoms with Gasteiger partial charge in [0.15, 0.2) is 0 Å². The minimum Gasteiger partial charge on any atom is -0.0651 e. The summed E-state index contributed by atoms with van der Waals surface area (Å²) >= 11 is 0. The molecule has 0 radical (unpaired) electrons. The molecular formula is C13H26. The van der Waals surface area contributed by atoms with Gasteiger partial charge in [0, 0.05) is 0 Å². The summed E-state index contributed by atoms with van der Waals surface area (Å²) in [5.74, 6) is 2.89. The molecule has 78 valence electrons. The molecule has 0 saturated heterocycles. The van der Waals surface area contributed by atoms with Crippen LogP contribution in [0.1, 0.15) is 60.3 Å². The van der Waals surface area contributed by atoms with Crippen LogP contribution in [-0.4, -0.2) is 0 Å². The van der Waals surface area contributed by atoms with Crippen LogP contribution in [0.15, 0.2) is 0 Å². The van der Waals surface area contributed by atoms with Crippen molar-refractivity contribution in [3.63, 3.8) is 0 Å². The summed E-state index contributed by atoms with van der Waals surface area (Å²) in [6.45, 7) is 12.1. The minimum atomic E-state index is 0.521. The van der Waals surface area contributed by atoms with Crippen molar-refractivity contribution in [2.45, 2.75) is 60.3 Å². The summed E-state index contributed by atoms with van der Waals surface area (Å²) in [6, 6.07) is 0. The van der Waals surface area contributed by atoms with Crippen LogP contribution in [0.25, 0.3) is 0 Å². The van der Waals surface area contributed by atoms with Gasteiger partial charge < -0.3 is 0 Å². The van der Waals surface area contributed by atoms with Gasteiger partial charge in [0.2, 0.25) is 0 Å². The Kier molecular flexibility index (Phi) is 3.43. The Morgan fingerprint density at radius 1 is 1.15 bits per heavy atom. The Morgan fingerprint density at radius 3 is 2.23 bits per heavy atom. The largest absolute Gasteiger partial charge is 0.0651 e. The predicted molar refractivity (Wildman–Crippen MR) is 59.7 cm³/mol. The molecule has 0 nitrogen and oxygen atoms in total. The van der Waals surface area contributed by atoms with Gasteiger partial charge in [-0.3, -0.25) is 0 Å². The molecule has 0 spiro atoms. The van der Waals surface area contributed by atoms with Crippen LogP contribution in [0.5, 0.6) is 0 Å². The van der Waals surface area contributed by atoms with Crippen molar-refractivity contribution in [1.29, 1.82) is 0 Å². The van der Waals surface area contributed by atoms with Gasteiger partial charge in [0.05, 0.1) is 0 Å². The van der Waals surface area contributed by atoms with E-state index in [0.717, 1.165) is 17.8 Å². The van der Waals surface area contributed by atoms with E-state index >= 15 is 0 Å². The molecule has 1 rings (SSSR count). The van der Waals surface area contributed by atoms with Crippen molar-refractivity contribution < 1.29 is 0 Å². The zero-order valence-corrected chi connectivity index (χ0v) is 10.1. The summed E-state index contributed by atoms with van der Waals surface area (Å²) < 4.78 is 0. The molecule has 3 unspecified atom stereocenters. The maximum atomic E-state index is 2.48. The highest BCUT2D eigenvalue weighted by Gasteiger charge is 2.35. The molecule has 0 aromatic heterocycles. The van der Waals surface area contributed by atoms with E-state index in [1.807, 2.05) is 0 Å². The van der Waals surface area contributed by atoms with E-state index < -0.39 is 0 Å². The Balaban J connectivity index is 2.65. The first-order valence-electron chi connectivity index (χ1n) is 5.96. The zero-order valence-electron chi connectivity index (χ0n) is 10.1. The molecule has 1 saturated carbocycles. The molecule has 0 aromatic carbocycles. The van der Waals surface area contributed by atoms with E-state index in [0.29, 0.717) is 5.41 Å². The van der Waals surface area contributed by atoms with E-state index in [1.54, 1.807) is 0 Å². The van der Waals surface area contributed by atoms with Gasteiger partial charge in [-0.1, -0.05) is 53.9 Å². The van der Waals surface area contributed by atoms with Crippen LogP contribution in [-0.2, 0) is 0 Å².